The maximum absolute atomic E-state index is 12.8. The zero-order valence-corrected chi connectivity index (χ0v) is 15.0. The number of hydrogen-bond donors (Lipinski definition) is 1. The summed E-state index contributed by atoms with van der Waals surface area (Å²) < 4.78 is 11.1. The number of carboxylic acid groups (broad SMARTS) is 1. The molecule has 0 spiro atoms. The average Bonchev–Trinajstić information content (AvgIpc) is 3.36. The van der Waals surface area contributed by atoms with Crippen molar-refractivity contribution in [1.29, 1.82) is 0 Å². The van der Waals surface area contributed by atoms with Crippen LogP contribution in [-0.4, -0.2) is 35.0 Å². The molecule has 1 aliphatic heterocycles. The second kappa shape index (κ2) is 7.60. The van der Waals surface area contributed by atoms with E-state index in [1.807, 2.05) is 48.5 Å². The van der Waals surface area contributed by atoms with Crippen LogP contribution in [0.3, 0.4) is 0 Å². The van der Waals surface area contributed by atoms with Crippen molar-refractivity contribution in [2.75, 3.05) is 13.1 Å². The number of benzene rings is 2. The van der Waals surface area contributed by atoms with Crippen LogP contribution >= 0.6 is 0 Å². The lowest BCUT2D eigenvalue weighted by molar-refractivity contribution is -0.141. The molecule has 1 saturated heterocycles. The van der Waals surface area contributed by atoms with Crippen LogP contribution in [0.15, 0.2) is 77.2 Å². The molecule has 0 radical (unpaired) electrons. The van der Waals surface area contributed by atoms with Crippen molar-refractivity contribution in [2.24, 2.45) is 5.92 Å². The zero-order valence-electron chi connectivity index (χ0n) is 15.0. The fourth-order valence-corrected chi connectivity index (χ4v) is 3.51. The van der Waals surface area contributed by atoms with Gasteiger partial charge in [0.15, 0.2) is 5.76 Å². The summed E-state index contributed by atoms with van der Waals surface area (Å²) >= 11 is 0. The van der Waals surface area contributed by atoms with Gasteiger partial charge < -0.3 is 19.2 Å². The third kappa shape index (κ3) is 3.62. The SMILES string of the molecule is O=C(O)[C@@H]1CN(C(=O)c2ccc(Oc3ccccc3)o2)C[C@H]1c1ccccc1. The molecule has 2 heterocycles. The highest BCUT2D eigenvalue weighted by Gasteiger charge is 2.41. The third-order valence-corrected chi connectivity index (χ3v) is 4.91. The highest BCUT2D eigenvalue weighted by atomic mass is 16.6. The van der Waals surface area contributed by atoms with E-state index in [-0.39, 0.29) is 30.1 Å². The summed E-state index contributed by atoms with van der Waals surface area (Å²) in [7, 11) is 0. The Morgan fingerprint density at radius 2 is 1.61 bits per heavy atom. The highest BCUT2D eigenvalue weighted by molar-refractivity contribution is 5.92. The number of furan rings is 1. The number of nitrogens with zero attached hydrogens (tertiary/aromatic N) is 1. The van der Waals surface area contributed by atoms with E-state index in [0.717, 1.165) is 5.56 Å². The number of carboxylic acids is 1. The Labute approximate surface area is 162 Å². The Morgan fingerprint density at radius 3 is 2.29 bits per heavy atom. The number of amides is 1. The van der Waals surface area contributed by atoms with Crippen LogP contribution < -0.4 is 4.74 Å². The van der Waals surface area contributed by atoms with Gasteiger partial charge in [-0.3, -0.25) is 9.59 Å². The van der Waals surface area contributed by atoms with E-state index in [9.17, 15) is 14.7 Å². The fraction of sp³-hybridized carbons (Fsp3) is 0.182. The van der Waals surface area contributed by atoms with Gasteiger partial charge in [0.25, 0.3) is 11.9 Å². The number of carbonyl (C=O) groups is 2. The van der Waals surface area contributed by atoms with E-state index >= 15 is 0 Å². The smallest absolute Gasteiger partial charge is 0.308 e. The fourth-order valence-electron chi connectivity index (χ4n) is 3.51. The Kier molecular flexibility index (Phi) is 4.85. The van der Waals surface area contributed by atoms with E-state index in [1.54, 1.807) is 24.3 Å². The first kappa shape index (κ1) is 17.9. The molecule has 28 heavy (non-hydrogen) atoms. The van der Waals surface area contributed by atoms with Crippen LogP contribution in [0.1, 0.15) is 22.0 Å². The number of likely N-dealkylation sites (tertiary alicyclic amines) is 1. The summed E-state index contributed by atoms with van der Waals surface area (Å²) in [6, 6.07) is 21.7. The summed E-state index contributed by atoms with van der Waals surface area (Å²) in [6.45, 7) is 0.471. The quantitative estimate of drug-likeness (QED) is 0.727. The number of rotatable bonds is 5. The molecule has 6 nitrogen and oxygen atoms in total. The molecule has 1 aliphatic rings. The van der Waals surface area contributed by atoms with Crippen LogP contribution in [0, 0.1) is 5.92 Å². The van der Waals surface area contributed by atoms with E-state index < -0.39 is 11.9 Å². The minimum Gasteiger partial charge on any atom is -0.481 e. The van der Waals surface area contributed by atoms with Gasteiger partial charge in [-0.05, 0) is 23.8 Å². The van der Waals surface area contributed by atoms with Gasteiger partial charge >= 0.3 is 5.97 Å². The monoisotopic (exact) mass is 377 g/mol. The first-order valence-corrected chi connectivity index (χ1v) is 9.01. The van der Waals surface area contributed by atoms with Crippen molar-refractivity contribution in [3.63, 3.8) is 0 Å². The summed E-state index contributed by atoms with van der Waals surface area (Å²) in [5.41, 5.74) is 0.915. The van der Waals surface area contributed by atoms with Gasteiger partial charge in [-0.25, -0.2) is 0 Å². The van der Waals surface area contributed by atoms with Crippen molar-refractivity contribution < 1.29 is 23.8 Å². The molecule has 2 atom stereocenters. The molecule has 1 N–H and O–H groups in total. The van der Waals surface area contributed by atoms with E-state index in [2.05, 4.69) is 0 Å². The molecule has 3 aromatic rings. The largest absolute Gasteiger partial charge is 0.481 e. The Balaban J connectivity index is 1.50. The summed E-state index contributed by atoms with van der Waals surface area (Å²) in [5.74, 6) is -1.21. The maximum Gasteiger partial charge on any atom is 0.308 e. The predicted octanol–water partition coefficient (Wildman–Crippen LogP) is 4.01. The van der Waals surface area contributed by atoms with Crippen molar-refractivity contribution in [1.82, 2.24) is 4.90 Å². The summed E-state index contributed by atoms with van der Waals surface area (Å²) in [4.78, 5) is 26.1. The second-order valence-corrected chi connectivity index (χ2v) is 6.71. The molecule has 2 aromatic carbocycles. The molecule has 1 aromatic heterocycles. The normalized spacial score (nSPS) is 18.8. The van der Waals surface area contributed by atoms with Gasteiger partial charge in [0.1, 0.15) is 5.75 Å². The van der Waals surface area contributed by atoms with Gasteiger partial charge in [-0.1, -0.05) is 48.5 Å². The van der Waals surface area contributed by atoms with Gasteiger partial charge in [-0.15, -0.1) is 0 Å². The Bertz CT molecular complexity index is 967. The lowest BCUT2D eigenvalue weighted by Gasteiger charge is -2.15. The van der Waals surface area contributed by atoms with Crippen molar-refractivity contribution >= 4 is 11.9 Å². The summed E-state index contributed by atoms with van der Waals surface area (Å²) in [6.07, 6.45) is 0. The van der Waals surface area contributed by atoms with Gasteiger partial charge in [-0.2, -0.15) is 0 Å². The first-order chi connectivity index (χ1) is 13.6. The topological polar surface area (TPSA) is 80.0 Å². The predicted molar refractivity (Wildman–Crippen MR) is 101 cm³/mol. The average molecular weight is 377 g/mol. The molecule has 4 rings (SSSR count). The van der Waals surface area contributed by atoms with Crippen LogP contribution in [0.2, 0.25) is 0 Å². The third-order valence-electron chi connectivity index (χ3n) is 4.91. The molecule has 0 aliphatic carbocycles. The second-order valence-electron chi connectivity index (χ2n) is 6.71. The highest BCUT2D eigenvalue weighted by Crippen LogP contribution is 2.34. The van der Waals surface area contributed by atoms with Gasteiger partial charge in [0.05, 0.1) is 5.92 Å². The summed E-state index contributed by atoms with van der Waals surface area (Å²) in [5, 5.41) is 9.60. The Morgan fingerprint density at radius 1 is 0.929 bits per heavy atom. The van der Waals surface area contributed by atoms with Crippen molar-refractivity contribution in [3.05, 3.63) is 84.1 Å². The van der Waals surface area contributed by atoms with Gasteiger partial charge in [0, 0.05) is 25.1 Å². The first-order valence-electron chi connectivity index (χ1n) is 9.01. The van der Waals surface area contributed by atoms with E-state index in [0.29, 0.717) is 12.3 Å². The Hall–Kier alpha value is -3.54. The number of carbonyl (C=O) groups excluding carboxylic acids is 1. The van der Waals surface area contributed by atoms with E-state index in [4.69, 9.17) is 9.15 Å². The number of para-hydroxylation sites is 1. The maximum atomic E-state index is 12.8. The lowest BCUT2D eigenvalue weighted by atomic mass is 9.89. The van der Waals surface area contributed by atoms with E-state index in [1.165, 1.54) is 4.90 Å². The molecule has 142 valence electrons. The van der Waals surface area contributed by atoms with Crippen molar-refractivity contribution in [3.8, 4) is 11.7 Å². The van der Waals surface area contributed by atoms with Gasteiger partial charge in [0.2, 0.25) is 0 Å². The molecule has 0 unspecified atom stereocenters. The number of ether oxygens (including phenoxy) is 1. The van der Waals surface area contributed by atoms with Crippen LogP contribution in [0.4, 0.5) is 0 Å². The molecule has 0 bridgehead atoms. The molecular weight excluding hydrogens is 358 g/mol. The molecule has 1 amide bonds. The number of hydrogen-bond acceptors (Lipinski definition) is 4. The zero-order chi connectivity index (χ0) is 19.5. The lowest BCUT2D eigenvalue weighted by Crippen LogP contribution is -2.29. The molecular formula is C22H19NO5. The van der Waals surface area contributed by atoms with Crippen molar-refractivity contribution in [2.45, 2.75) is 5.92 Å². The minimum absolute atomic E-state index is 0.129. The number of aliphatic carboxylic acids is 1. The van der Waals surface area contributed by atoms with Crippen LogP contribution in [0.5, 0.6) is 11.7 Å². The minimum atomic E-state index is -0.906. The van der Waals surface area contributed by atoms with Crippen LogP contribution in [0.25, 0.3) is 0 Å². The molecule has 6 heteroatoms. The molecule has 0 saturated carbocycles. The standard InChI is InChI=1S/C22H19NO5/c24-21(19-11-12-20(28-19)27-16-9-5-2-6-10-16)23-13-17(18(14-23)22(25)26)15-7-3-1-4-8-15/h1-12,17-18H,13-14H2,(H,25,26)/t17-,18+/m0/s1. The van der Waals surface area contributed by atoms with Crippen LogP contribution in [-0.2, 0) is 4.79 Å². The molecule has 1 fully saturated rings.